The number of carbonyl (C=O) groups is 1. The number of aliphatic carboxylic acids is 1. The summed E-state index contributed by atoms with van der Waals surface area (Å²) in [4.78, 5) is 13.8. The molecule has 1 aliphatic heterocycles. The van der Waals surface area contributed by atoms with E-state index in [1.165, 1.54) is 16.7 Å². The number of nitrogens with zero attached hydrogens (tertiary/aromatic N) is 1. The Kier molecular flexibility index (Phi) is 6.68. The molecule has 31 heavy (non-hydrogen) atoms. The van der Waals surface area contributed by atoms with Gasteiger partial charge in [0.1, 0.15) is 12.4 Å². The van der Waals surface area contributed by atoms with Crippen LogP contribution in [0, 0.1) is 12.8 Å². The van der Waals surface area contributed by atoms with Gasteiger partial charge in [-0.05, 0) is 67.2 Å². The second kappa shape index (κ2) is 9.80. The summed E-state index contributed by atoms with van der Waals surface area (Å²) in [6.07, 6.45) is 1.38. The van der Waals surface area contributed by atoms with Gasteiger partial charge in [0.2, 0.25) is 0 Å². The Morgan fingerprint density at radius 2 is 1.61 bits per heavy atom. The van der Waals surface area contributed by atoms with Crippen LogP contribution in [0.1, 0.15) is 41.1 Å². The van der Waals surface area contributed by atoms with Gasteiger partial charge in [0.25, 0.3) is 0 Å². The Hall–Kier alpha value is -3.11. The molecular weight excluding hydrogens is 386 g/mol. The summed E-state index contributed by atoms with van der Waals surface area (Å²) in [7, 11) is 0. The highest BCUT2D eigenvalue weighted by atomic mass is 16.5. The molecule has 1 aliphatic rings. The van der Waals surface area contributed by atoms with Crippen LogP contribution in [-0.2, 0) is 11.4 Å². The standard InChI is InChI=1S/C27H29NO3/c1-20-7-5-6-10-25(20)26(28-17-15-23(16-18-28)27(29)30)22-11-13-24(14-12-22)31-19-21-8-3-2-4-9-21/h2-14,23,26H,15-19H2,1H3,(H,29,30). The molecule has 1 unspecified atom stereocenters. The minimum absolute atomic E-state index is 0.110. The van der Waals surface area contributed by atoms with Crippen LogP contribution in [-0.4, -0.2) is 29.1 Å². The van der Waals surface area contributed by atoms with Crippen molar-refractivity contribution in [3.05, 3.63) is 101 Å². The Morgan fingerprint density at radius 3 is 2.26 bits per heavy atom. The molecule has 160 valence electrons. The molecule has 0 aliphatic carbocycles. The number of aryl methyl sites for hydroxylation is 1. The maximum absolute atomic E-state index is 11.4. The van der Waals surface area contributed by atoms with Gasteiger partial charge in [0.15, 0.2) is 0 Å². The molecule has 1 fully saturated rings. The van der Waals surface area contributed by atoms with Crippen LogP contribution in [0.4, 0.5) is 0 Å². The zero-order valence-corrected chi connectivity index (χ0v) is 17.9. The fraction of sp³-hybridized carbons (Fsp3) is 0.296. The van der Waals surface area contributed by atoms with E-state index in [0.29, 0.717) is 19.4 Å². The number of carboxylic acids is 1. The second-order valence-electron chi connectivity index (χ2n) is 8.25. The van der Waals surface area contributed by atoms with Crippen molar-refractivity contribution in [1.82, 2.24) is 4.90 Å². The lowest BCUT2D eigenvalue weighted by molar-refractivity contribution is -0.143. The maximum atomic E-state index is 11.4. The van der Waals surface area contributed by atoms with Gasteiger partial charge in [-0.3, -0.25) is 9.69 Å². The number of ether oxygens (including phenoxy) is 1. The highest BCUT2D eigenvalue weighted by Crippen LogP contribution is 2.34. The van der Waals surface area contributed by atoms with Gasteiger partial charge in [-0.25, -0.2) is 0 Å². The Balaban J connectivity index is 1.54. The fourth-order valence-electron chi connectivity index (χ4n) is 4.37. The van der Waals surface area contributed by atoms with E-state index >= 15 is 0 Å². The molecular formula is C27H29NO3. The van der Waals surface area contributed by atoms with Crippen molar-refractivity contribution in [2.45, 2.75) is 32.4 Å². The monoisotopic (exact) mass is 415 g/mol. The van der Waals surface area contributed by atoms with E-state index in [0.717, 1.165) is 24.4 Å². The van der Waals surface area contributed by atoms with Crippen molar-refractivity contribution >= 4 is 5.97 Å². The van der Waals surface area contributed by atoms with E-state index in [9.17, 15) is 9.90 Å². The highest BCUT2D eigenvalue weighted by molar-refractivity contribution is 5.70. The summed E-state index contributed by atoms with van der Waals surface area (Å²) < 4.78 is 5.96. The van der Waals surface area contributed by atoms with E-state index in [1.807, 2.05) is 30.3 Å². The lowest BCUT2D eigenvalue weighted by atomic mass is 9.89. The Morgan fingerprint density at radius 1 is 0.968 bits per heavy atom. The number of likely N-dealkylation sites (tertiary alicyclic amines) is 1. The summed E-state index contributed by atoms with van der Waals surface area (Å²) in [5, 5.41) is 9.37. The summed E-state index contributed by atoms with van der Waals surface area (Å²) in [6, 6.07) is 27.1. The first-order valence-electron chi connectivity index (χ1n) is 10.9. The highest BCUT2D eigenvalue weighted by Gasteiger charge is 2.30. The second-order valence-corrected chi connectivity index (χ2v) is 8.25. The largest absolute Gasteiger partial charge is 0.489 e. The average Bonchev–Trinajstić information content (AvgIpc) is 2.81. The quantitative estimate of drug-likeness (QED) is 0.557. The molecule has 4 rings (SSSR count). The van der Waals surface area contributed by atoms with Crippen LogP contribution < -0.4 is 4.74 Å². The molecule has 0 aromatic heterocycles. The van der Waals surface area contributed by atoms with Crippen LogP contribution >= 0.6 is 0 Å². The van der Waals surface area contributed by atoms with Crippen molar-refractivity contribution in [3.63, 3.8) is 0 Å². The molecule has 1 saturated heterocycles. The summed E-state index contributed by atoms with van der Waals surface area (Å²) >= 11 is 0. The number of hydrogen-bond donors (Lipinski definition) is 1. The van der Waals surface area contributed by atoms with Crippen LogP contribution in [0.25, 0.3) is 0 Å². The first-order chi connectivity index (χ1) is 15.1. The lowest BCUT2D eigenvalue weighted by Crippen LogP contribution is -2.39. The summed E-state index contributed by atoms with van der Waals surface area (Å²) in [6.45, 7) is 4.25. The molecule has 1 atom stereocenters. The van der Waals surface area contributed by atoms with Gasteiger partial charge in [-0.2, -0.15) is 0 Å². The Bertz CT molecular complexity index is 993. The van der Waals surface area contributed by atoms with Crippen LogP contribution in [0.3, 0.4) is 0 Å². The Labute approximate surface area is 184 Å². The van der Waals surface area contributed by atoms with E-state index in [1.54, 1.807) is 0 Å². The number of piperidine rings is 1. The van der Waals surface area contributed by atoms with E-state index < -0.39 is 5.97 Å². The normalized spacial score (nSPS) is 16.0. The number of rotatable bonds is 7. The number of carboxylic acid groups (broad SMARTS) is 1. The first kappa shape index (κ1) is 21.1. The molecule has 4 heteroatoms. The molecule has 0 radical (unpaired) electrons. The van der Waals surface area contributed by atoms with Crippen molar-refractivity contribution in [3.8, 4) is 5.75 Å². The van der Waals surface area contributed by atoms with Gasteiger partial charge < -0.3 is 9.84 Å². The molecule has 3 aromatic rings. The first-order valence-corrected chi connectivity index (χ1v) is 10.9. The van der Waals surface area contributed by atoms with Crippen LogP contribution in [0.15, 0.2) is 78.9 Å². The van der Waals surface area contributed by atoms with Gasteiger partial charge in [-0.1, -0.05) is 66.7 Å². The van der Waals surface area contributed by atoms with Crippen LogP contribution in [0.5, 0.6) is 5.75 Å². The minimum Gasteiger partial charge on any atom is -0.489 e. The van der Waals surface area contributed by atoms with Gasteiger partial charge in [-0.15, -0.1) is 0 Å². The van der Waals surface area contributed by atoms with Crippen molar-refractivity contribution in [2.24, 2.45) is 5.92 Å². The predicted molar refractivity (Wildman–Crippen MR) is 122 cm³/mol. The van der Waals surface area contributed by atoms with Gasteiger partial charge in [0, 0.05) is 0 Å². The third-order valence-electron chi connectivity index (χ3n) is 6.17. The maximum Gasteiger partial charge on any atom is 0.306 e. The van der Waals surface area contributed by atoms with Crippen molar-refractivity contribution < 1.29 is 14.6 Å². The fourth-order valence-corrected chi connectivity index (χ4v) is 4.37. The molecule has 0 saturated carbocycles. The SMILES string of the molecule is Cc1ccccc1C(c1ccc(OCc2ccccc2)cc1)N1CCC(C(=O)O)CC1. The van der Waals surface area contributed by atoms with Gasteiger partial charge >= 0.3 is 5.97 Å². The molecule has 0 bridgehead atoms. The summed E-state index contributed by atoms with van der Waals surface area (Å²) in [5.41, 5.74) is 4.87. The average molecular weight is 416 g/mol. The third-order valence-corrected chi connectivity index (χ3v) is 6.17. The zero-order valence-electron chi connectivity index (χ0n) is 17.9. The molecule has 3 aromatic carbocycles. The molecule has 4 nitrogen and oxygen atoms in total. The molecule has 0 spiro atoms. The molecule has 0 amide bonds. The molecule has 1 N–H and O–H groups in total. The third kappa shape index (κ3) is 5.15. The van der Waals surface area contributed by atoms with E-state index in [-0.39, 0.29) is 12.0 Å². The van der Waals surface area contributed by atoms with Crippen molar-refractivity contribution in [1.29, 1.82) is 0 Å². The zero-order chi connectivity index (χ0) is 21.6. The lowest BCUT2D eigenvalue weighted by Gasteiger charge is -2.37. The predicted octanol–water partition coefficient (Wildman–Crippen LogP) is 5.46. The molecule has 1 heterocycles. The van der Waals surface area contributed by atoms with Crippen molar-refractivity contribution in [2.75, 3.05) is 13.1 Å². The minimum atomic E-state index is -0.674. The topological polar surface area (TPSA) is 49.8 Å². The smallest absolute Gasteiger partial charge is 0.306 e. The summed E-state index contributed by atoms with van der Waals surface area (Å²) in [5.74, 6) is -0.0599. The van der Waals surface area contributed by atoms with E-state index in [4.69, 9.17) is 4.74 Å². The van der Waals surface area contributed by atoms with Gasteiger partial charge in [0.05, 0.1) is 12.0 Å². The number of hydrogen-bond acceptors (Lipinski definition) is 3. The van der Waals surface area contributed by atoms with E-state index in [2.05, 4.69) is 60.4 Å². The van der Waals surface area contributed by atoms with Crippen LogP contribution in [0.2, 0.25) is 0 Å². The number of benzene rings is 3.